The number of benzene rings is 1. The molecule has 3 atom stereocenters. The average molecular weight is 365 g/mol. The molecule has 1 aromatic carbocycles. The van der Waals surface area contributed by atoms with Gasteiger partial charge in [-0.1, -0.05) is 0 Å². The number of cyclic esters (lactones) is 1. The molecule has 3 fully saturated rings. The highest BCUT2D eigenvalue weighted by Crippen LogP contribution is 2.41. The molecule has 0 saturated carbocycles. The molecule has 4 rings (SSSR count). The van der Waals surface area contributed by atoms with Gasteiger partial charge >= 0.3 is 6.09 Å². The first-order valence-electron chi connectivity index (χ1n) is 8.39. The number of carbonyl (C=O) groups is 2. The van der Waals surface area contributed by atoms with Crippen LogP contribution in [0.4, 0.5) is 20.6 Å². The van der Waals surface area contributed by atoms with Crippen LogP contribution in [0.5, 0.6) is 0 Å². The van der Waals surface area contributed by atoms with Gasteiger partial charge in [-0.05, 0) is 24.0 Å². The summed E-state index contributed by atoms with van der Waals surface area (Å²) in [5, 5.41) is 2.63. The van der Waals surface area contributed by atoms with Gasteiger partial charge in [-0.25, -0.2) is 9.18 Å². The molecule has 3 heterocycles. The summed E-state index contributed by atoms with van der Waals surface area (Å²) >= 11 is 1.92. The lowest BCUT2D eigenvalue weighted by atomic mass is 9.91. The van der Waals surface area contributed by atoms with Crippen molar-refractivity contribution in [3.8, 4) is 0 Å². The van der Waals surface area contributed by atoms with Crippen LogP contribution in [0.2, 0.25) is 0 Å². The quantitative estimate of drug-likeness (QED) is 0.882. The number of nitrogens with one attached hydrogen (secondary N) is 1. The smallest absolute Gasteiger partial charge is 0.414 e. The van der Waals surface area contributed by atoms with E-state index in [1.807, 2.05) is 11.8 Å². The number of anilines is 2. The topological polar surface area (TPSA) is 61.9 Å². The number of hydrogen-bond acceptors (Lipinski definition) is 5. The Morgan fingerprint density at radius 1 is 1.40 bits per heavy atom. The molecule has 3 saturated heterocycles. The highest BCUT2D eigenvalue weighted by atomic mass is 32.2. The molecule has 1 N–H and O–H groups in total. The van der Waals surface area contributed by atoms with Crippen molar-refractivity contribution in [2.24, 2.45) is 5.92 Å². The molecule has 0 bridgehead atoms. The fraction of sp³-hybridized carbons (Fsp3) is 0.529. The Labute approximate surface area is 149 Å². The molecule has 3 aliphatic heterocycles. The Morgan fingerprint density at radius 2 is 2.24 bits per heavy atom. The lowest BCUT2D eigenvalue weighted by Crippen LogP contribution is -2.56. The Kier molecular flexibility index (Phi) is 4.23. The highest BCUT2D eigenvalue weighted by Gasteiger charge is 2.43. The number of carbonyl (C=O) groups excluding carboxylic acids is 2. The van der Waals surface area contributed by atoms with E-state index in [4.69, 9.17) is 4.74 Å². The van der Waals surface area contributed by atoms with Gasteiger partial charge in [-0.2, -0.15) is 11.8 Å². The van der Waals surface area contributed by atoms with Crippen molar-refractivity contribution in [3.05, 3.63) is 24.0 Å². The van der Waals surface area contributed by atoms with E-state index in [0.29, 0.717) is 29.9 Å². The molecular weight excluding hydrogens is 345 g/mol. The van der Waals surface area contributed by atoms with Gasteiger partial charge < -0.3 is 15.0 Å². The van der Waals surface area contributed by atoms with Crippen LogP contribution in [0.25, 0.3) is 0 Å². The number of amides is 2. The van der Waals surface area contributed by atoms with Gasteiger partial charge in [0, 0.05) is 31.2 Å². The van der Waals surface area contributed by atoms with Crippen LogP contribution in [-0.2, 0) is 9.53 Å². The monoisotopic (exact) mass is 365 g/mol. The predicted octanol–water partition coefficient (Wildman–Crippen LogP) is 1.84. The summed E-state index contributed by atoms with van der Waals surface area (Å²) in [4.78, 5) is 26.5. The van der Waals surface area contributed by atoms with E-state index in [0.717, 1.165) is 18.1 Å². The number of hydrogen-bond donors (Lipinski definition) is 1. The van der Waals surface area contributed by atoms with E-state index in [1.54, 1.807) is 12.1 Å². The molecule has 8 heteroatoms. The lowest BCUT2D eigenvalue weighted by molar-refractivity contribution is -0.119. The summed E-state index contributed by atoms with van der Waals surface area (Å²) in [5.41, 5.74) is 1.09. The molecule has 2 unspecified atom stereocenters. The molecule has 1 aromatic rings. The van der Waals surface area contributed by atoms with Gasteiger partial charge in [0.25, 0.3) is 0 Å². The van der Waals surface area contributed by atoms with E-state index in [1.165, 1.54) is 17.9 Å². The third kappa shape index (κ3) is 3.03. The molecule has 2 amide bonds. The van der Waals surface area contributed by atoms with Crippen molar-refractivity contribution in [1.29, 1.82) is 0 Å². The average Bonchev–Trinajstić information content (AvgIpc) is 3.10. The SMILES string of the molecule is CC(=O)NC[C@H]1CN(c2ccc(N3CC4CSCC43)c(F)c2)C(=O)O1. The van der Waals surface area contributed by atoms with E-state index < -0.39 is 12.2 Å². The van der Waals surface area contributed by atoms with Crippen LogP contribution in [0, 0.1) is 11.7 Å². The number of rotatable bonds is 4. The maximum atomic E-state index is 14.6. The summed E-state index contributed by atoms with van der Waals surface area (Å²) in [5.74, 6) is 2.40. The Bertz CT molecular complexity index is 716. The zero-order valence-electron chi connectivity index (χ0n) is 13.9. The molecule has 134 valence electrons. The molecule has 0 radical (unpaired) electrons. The van der Waals surface area contributed by atoms with Gasteiger partial charge in [0.15, 0.2) is 0 Å². The van der Waals surface area contributed by atoms with Gasteiger partial charge in [0.2, 0.25) is 5.91 Å². The fourth-order valence-corrected chi connectivity index (χ4v) is 5.09. The maximum absolute atomic E-state index is 14.6. The molecule has 6 nitrogen and oxygen atoms in total. The molecule has 3 aliphatic rings. The minimum Gasteiger partial charge on any atom is -0.442 e. The second kappa shape index (κ2) is 6.40. The standard InChI is InChI=1S/C17H20FN3O3S/c1-10(22)19-5-13-7-20(17(23)24-13)12-2-3-15(14(18)4-12)21-6-11-8-25-9-16(11)21/h2-4,11,13,16H,5-9H2,1H3,(H,19,22)/t11?,13-,16?/m0/s1. The Hall–Kier alpha value is -1.96. The van der Waals surface area contributed by atoms with Crippen molar-refractivity contribution in [2.45, 2.75) is 19.1 Å². The first-order chi connectivity index (χ1) is 12.0. The van der Waals surface area contributed by atoms with Crippen molar-refractivity contribution >= 4 is 35.1 Å². The first kappa shape index (κ1) is 16.5. The fourth-order valence-electron chi connectivity index (χ4n) is 3.63. The minimum absolute atomic E-state index is 0.178. The summed E-state index contributed by atoms with van der Waals surface area (Å²) < 4.78 is 19.8. The first-order valence-corrected chi connectivity index (χ1v) is 9.55. The predicted molar refractivity (Wildman–Crippen MR) is 94.6 cm³/mol. The number of halogens is 1. The second-order valence-corrected chi connectivity index (χ2v) is 7.78. The minimum atomic E-state index is -0.515. The van der Waals surface area contributed by atoms with Crippen molar-refractivity contribution in [2.75, 3.05) is 40.9 Å². The van der Waals surface area contributed by atoms with Crippen LogP contribution in [-0.4, -0.2) is 55.3 Å². The zero-order chi connectivity index (χ0) is 17.6. The second-order valence-electron chi connectivity index (χ2n) is 6.71. The van der Waals surface area contributed by atoms with E-state index in [9.17, 15) is 14.0 Å². The summed E-state index contributed by atoms with van der Waals surface area (Å²) in [7, 11) is 0. The molecule has 0 spiro atoms. The van der Waals surface area contributed by atoms with Crippen molar-refractivity contribution in [3.63, 3.8) is 0 Å². The van der Waals surface area contributed by atoms with Crippen LogP contribution in [0.15, 0.2) is 18.2 Å². The highest BCUT2D eigenvalue weighted by molar-refractivity contribution is 7.99. The van der Waals surface area contributed by atoms with Crippen LogP contribution >= 0.6 is 11.8 Å². The van der Waals surface area contributed by atoms with Gasteiger partial charge in [-0.15, -0.1) is 0 Å². The van der Waals surface area contributed by atoms with Crippen LogP contribution in [0.3, 0.4) is 0 Å². The van der Waals surface area contributed by atoms with Gasteiger partial charge in [0.1, 0.15) is 11.9 Å². The van der Waals surface area contributed by atoms with Crippen molar-refractivity contribution in [1.82, 2.24) is 5.32 Å². The number of nitrogens with zero attached hydrogens (tertiary/aromatic N) is 2. The Balaban J connectivity index is 1.45. The lowest BCUT2D eigenvalue weighted by Gasteiger charge is -2.45. The van der Waals surface area contributed by atoms with E-state index >= 15 is 0 Å². The van der Waals surface area contributed by atoms with Crippen LogP contribution in [0.1, 0.15) is 6.92 Å². The summed E-state index contributed by atoms with van der Waals surface area (Å²) in [6, 6.07) is 5.34. The Morgan fingerprint density at radius 3 is 2.96 bits per heavy atom. The largest absolute Gasteiger partial charge is 0.442 e. The molecule has 0 aromatic heterocycles. The maximum Gasteiger partial charge on any atom is 0.414 e. The third-order valence-electron chi connectivity index (χ3n) is 5.00. The number of fused-ring (bicyclic) bond motifs is 1. The third-order valence-corrected chi connectivity index (χ3v) is 6.24. The van der Waals surface area contributed by atoms with Gasteiger partial charge in [-0.3, -0.25) is 9.69 Å². The van der Waals surface area contributed by atoms with Gasteiger partial charge in [0.05, 0.1) is 24.5 Å². The molecule has 25 heavy (non-hydrogen) atoms. The number of thioether (sulfide) groups is 1. The number of ether oxygens (including phenoxy) is 1. The zero-order valence-corrected chi connectivity index (χ0v) is 14.7. The van der Waals surface area contributed by atoms with E-state index in [2.05, 4.69) is 10.2 Å². The molecular formula is C17H20FN3O3S. The van der Waals surface area contributed by atoms with E-state index in [-0.39, 0.29) is 18.3 Å². The molecule has 0 aliphatic carbocycles. The normalized spacial score (nSPS) is 27.8. The van der Waals surface area contributed by atoms with Crippen LogP contribution < -0.4 is 15.1 Å². The summed E-state index contributed by atoms with van der Waals surface area (Å²) in [6.07, 6.45) is -0.940. The van der Waals surface area contributed by atoms with Crippen molar-refractivity contribution < 1.29 is 18.7 Å². The summed E-state index contributed by atoms with van der Waals surface area (Å²) in [6.45, 7) is 2.86.